The molecule has 1 fully saturated rings. The Hall–Kier alpha value is -3.42. The second-order valence-electron chi connectivity index (χ2n) is 5.87. The van der Waals surface area contributed by atoms with Crippen LogP contribution in [-0.2, 0) is 9.59 Å². The molecule has 0 bridgehead atoms. The van der Waals surface area contributed by atoms with Crippen LogP contribution in [0, 0.1) is 16.0 Å². The minimum Gasteiger partial charge on any atom is -0.495 e. The van der Waals surface area contributed by atoms with Gasteiger partial charge in [0.2, 0.25) is 11.8 Å². The Morgan fingerprint density at radius 2 is 2.00 bits per heavy atom. The first-order valence-corrected chi connectivity index (χ1v) is 7.98. The van der Waals surface area contributed by atoms with Crippen molar-refractivity contribution in [1.82, 2.24) is 0 Å². The molecule has 1 heterocycles. The average Bonchev–Trinajstić information content (AvgIpc) is 3.04. The zero-order chi connectivity index (χ0) is 18.7. The van der Waals surface area contributed by atoms with E-state index in [0.29, 0.717) is 5.75 Å². The van der Waals surface area contributed by atoms with E-state index in [1.165, 1.54) is 25.3 Å². The molecule has 3 rings (SSSR count). The van der Waals surface area contributed by atoms with Crippen molar-refractivity contribution in [3.05, 3.63) is 58.6 Å². The number of nitrogens with zero attached hydrogens (tertiary/aromatic N) is 2. The molecular formula is C18H17N3O5. The molecule has 8 nitrogen and oxygen atoms in total. The lowest BCUT2D eigenvalue weighted by Gasteiger charge is -2.17. The van der Waals surface area contributed by atoms with E-state index in [-0.39, 0.29) is 36.2 Å². The van der Waals surface area contributed by atoms with Crippen LogP contribution in [-0.4, -0.2) is 30.4 Å². The Labute approximate surface area is 149 Å². The molecule has 0 saturated carbocycles. The summed E-state index contributed by atoms with van der Waals surface area (Å²) in [6.07, 6.45) is 0.0813. The molecule has 0 spiro atoms. The number of methoxy groups -OCH3 is 1. The number of benzene rings is 2. The van der Waals surface area contributed by atoms with Gasteiger partial charge in [-0.2, -0.15) is 0 Å². The van der Waals surface area contributed by atoms with E-state index in [2.05, 4.69) is 5.32 Å². The van der Waals surface area contributed by atoms with E-state index >= 15 is 0 Å². The number of amides is 2. The molecular weight excluding hydrogens is 338 g/mol. The predicted octanol–water partition coefficient (Wildman–Crippen LogP) is 2.60. The molecule has 8 heteroatoms. The molecule has 134 valence electrons. The summed E-state index contributed by atoms with van der Waals surface area (Å²) < 4.78 is 5.14. The van der Waals surface area contributed by atoms with Gasteiger partial charge in [0.15, 0.2) is 0 Å². The number of non-ortho nitro benzene ring substituents is 1. The van der Waals surface area contributed by atoms with Crippen LogP contribution in [0.25, 0.3) is 0 Å². The van der Waals surface area contributed by atoms with Crippen molar-refractivity contribution in [2.45, 2.75) is 6.42 Å². The van der Waals surface area contributed by atoms with Gasteiger partial charge >= 0.3 is 0 Å². The van der Waals surface area contributed by atoms with Crippen LogP contribution in [0.1, 0.15) is 6.42 Å². The number of nitro groups is 1. The lowest BCUT2D eigenvalue weighted by molar-refractivity contribution is -0.384. The van der Waals surface area contributed by atoms with Crippen LogP contribution in [0.15, 0.2) is 48.5 Å². The van der Waals surface area contributed by atoms with Crippen LogP contribution in [0.5, 0.6) is 5.75 Å². The highest BCUT2D eigenvalue weighted by Gasteiger charge is 2.35. The Bertz CT molecular complexity index is 853. The van der Waals surface area contributed by atoms with Gasteiger partial charge in [0.25, 0.3) is 5.69 Å². The highest BCUT2D eigenvalue weighted by molar-refractivity contribution is 6.04. The fourth-order valence-electron chi connectivity index (χ4n) is 2.88. The fourth-order valence-corrected chi connectivity index (χ4v) is 2.88. The summed E-state index contributed by atoms with van der Waals surface area (Å²) >= 11 is 0. The third kappa shape index (κ3) is 3.49. The summed E-state index contributed by atoms with van der Waals surface area (Å²) in [4.78, 5) is 36.8. The number of nitro benzene ring substituents is 1. The Balaban J connectivity index is 1.76. The monoisotopic (exact) mass is 355 g/mol. The summed E-state index contributed by atoms with van der Waals surface area (Å²) in [5, 5.41) is 13.6. The number of carbonyl (C=O) groups excluding carboxylic acids is 2. The van der Waals surface area contributed by atoms with Gasteiger partial charge < -0.3 is 15.0 Å². The SMILES string of the molecule is COc1ccc([N+](=O)[O-])cc1NC(=O)[C@H]1CC(=O)N(c2ccccc2)C1. The zero-order valence-corrected chi connectivity index (χ0v) is 14.0. The quantitative estimate of drug-likeness (QED) is 0.656. The van der Waals surface area contributed by atoms with Crippen molar-refractivity contribution in [2.24, 2.45) is 5.92 Å². The number of nitrogens with one attached hydrogen (secondary N) is 1. The van der Waals surface area contributed by atoms with Crippen molar-refractivity contribution in [2.75, 3.05) is 23.9 Å². The maximum absolute atomic E-state index is 12.6. The average molecular weight is 355 g/mol. The summed E-state index contributed by atoms with van der Waals surface area (Å²) in [6, 6.07) is 13.1. The number of anilines is 2. The number of para-hydroxylation sites is 1. The molecule has 2 amide bonds. The smallest absolute Gasteiger partial charge is 0.271 e. The Morgan fingerprint density at radius 3 is 2.65 bits per heavy atom. The normalized spacial score (nSPS) is 16.4. The molecule has 0 radical (unpaired) electrons. The minimum absolute atomic E-state index is 0.0813. The molecule has 1 atom stereocenters. The van der Waals surface area contributed by atoms with Gasteiger partial charge in [-0.3, -0.25) is 19.7 Å². The van der Waals surface area contributed by atoms with Gasteiger partial charge in [0.1, 0.15) is 5.75 Å². The first-order valence-electron chi connectivity index (χ1n) is 7.98. The van der Waals surface area contributed by atoms with E-state index in [1.54, 1.807) is 4.90 Å². The number of ether oxygens (including phenoxy) is 1. The third-order valence-electron chi connectivity index (χ3n) is 4.22. The van der Waals surface area contributed by atoms with Gasteiger partial charge in [0.05, 0.1) is 23.6 Å². The molecule has 2 aromatic carbocycles. The van der Waals surface area contributed by atoms with Crippen molar-refractivity contribution in [3.8, 4) is 5.75 Å². The van der Waals surface area contributed by atoms with Crippen LogP contribution in [0.3, 0.4) is 0 Å². The molecule has 1 N–H and O–H groups in total. The molecule has 1 aliphatic heterocycles. The van der Waals surface area contributed by atoms with Crippen LogP contribution >= 0.6 is 0 Å². The van der Waals surface area contributed by atoms with E-state index < -0.39 is 10.8 Å². The van der Waals surface area contributed by atoms with E-state index in [9.17, 15) is 19.7 Å². The van der Waals surface area contributed by atoms with Crippen molar-refractivity contribution >= 4 is 28.9 Å². The predicted molar refractivity (Wildman–Crippen MR) is 95.2 cm³/mol. The molecule has 1 saturated heterocycles. The molecule has 26 heavy (non-hydrogen) atoms. The maximum Gasteiger partial charge on any atom is 0.271 e. The van der Waals surface area contributed by atoms with Crippen molar-refractivity contribution in [1.29, 1.82) is 0 Å². The second-order valence-corrected chi connectivity index (χ2v) is 5.87. The second kappa shape index (κ2) is 7.22. The lowest BCUT2D eigenvalue weighted by Crippen LogP contribution is -2.28. The highest BCUT2D eigenvalue weighted by atomic mass is 16.6. The van der Waals surface area contributed by atoms with E-state index in [1.807, 2.05) is 30.3 Å². The minimum atomic E-state index is -0.550. The number of hydrogen-bond donors (Lipinski definition) is 1. The third-order valence-corrected chi connectivity index (χ3v) is 4.22. The topological polar surface area (TPSA) is 102 Å². The number of hydrogen-bond acceptors (Lipinski definition) is 5. The van der Waals surface area contributed by atoms with Gasteiger partial charge in [-0.05, 0) is 18.2 Å². The van der Waals surface area contributed by atoms with Crippen molar-refractivity contribution < 1.29 is 19.2 Å². The van der Waals surface area contributed by atoms with E-state index in [0.717, 1.165) is 5.69 Å². The summed E-state index contributed by atoms with van der Waals surface area (Å²) in [7, 11) is 1.41. The van der Waals surface area contributed by atoms with Gasteiger partial charge in [0, 0.05) is 30.8 Å². The molecule has 1 aliphatic rings. The van der Waals surface area contributed by atoms with Gasteiger partial charge in [-0.1, -0.05) is 18.2 Å². The largest absolute Gasteiger partial charge is 0.495 e. The summed E-state index contributed by atoms with van der Waals surface area (Å²) in [6.45, 7) is 0.256. The first-order chi connectivity index (χ1) is 12.5. The molecule has 0 aliphatic carbocycles. The Kier molecular flexibility index (Phi) is 4.83. The number of carbonyl (C=O) groups is 2. The van der Waals surface area contributed by atoms with Gasteiger partial charge in [-0.25, -0.2) is 0 Å². The molecule has 2 aromatic rings. The standard InChI is InChI=1S/C18H17N3O5/c1-26-16-8-7-14(21(24)25)10-15(16)19-18(23)12-9-17(22)20(11-12)13-5-3-2-4-6-13/h2-8,10,12H,9,11H2,1H3,(H,19,23)/t12-/m0/s1. The highest BCUT2D eigenvalue weighted by Crippen LogP contribution is 2.31. The Morgan fingerprint density at radius 1 is 1.27 bits per heavy atom. The summed E-state index contributed by atoms with van der Waals surface area (Å²) in [5.41, 5.74) is 0.785. The lowest BCUT2D eigenvalue weighted by atomic mass is 10.1. The van der Waals surface area contributed by atoms with Crippen LogP contribution in [0.2, 0.25) is 0 Å². The summed E-state index contributed by atoms with van der Waals surface area (Å²) in [5.74, 6) is -0.752. The number of rotatable bonds is 5. The van der Waals surface area contributed by atoms with E-state index in [4.69, 9.17) is 4.74 Å². The van der Waals surface area contributed by atoms with Crippen molar-refractivity contribution in [3.63, 3.8) is 0 Å². The maximum atomic E-state index is 12.6. The van der Waals surface area contributed by atoms with Gasteiger partial charge in [-0.15, -0.1) is 0 Å². The fraction of sp³-hybridized carbons (Fsp3) is 0.222. The molecule has 0 aromatic heterocycles. The molecule has 0 unspecified atom stereocenters. The van der Waals surface area contributed by atoms with Crippen LogP contribution < -0.4 is 15.0 Å². The zero-order valence-electron chi connectivity index (χ0n) is 14.0. The first kappa shape index (κ1) is 17.4. The van der Waals surface area contributed by atoms with Crippen LogP contribution in [0.4, 0.5) is 17.1 Å².